The second-order valence-electron chi connectivity index (χ2n) is 5.05. The molecule has 0 bridgehead atoms. The number of piperidine rings is 1. The third-order valence-electron chi connectivity index (χ3n) is 3.92. The van der Waals surface area contributed by atoms with Crippen molar-refractivity contribution in [1.29, 1.82) is 0 Å². The van der Waals surface area contributed by atoms with Gasteiger partial charge in [0.25, 0.3) is 0 Å². The molecule has 0 spiro atoms. The Bertz CT molecular complexity index is 399. The van der Waals surface area contributed by atoms with Crippen LogP contribution >= 0.6 is 0 Å². The molecule has 2 aliphatic heterocycles. The minimum absolute atomic E-state index is 0.317. The predicted molar refractivity (Wildman–Crippen MR) is 65.5 cm³/mol. The van der Waals surface area contributed by atoms with Crippen LogP contribution in [0.1, 0.15) is 35.6 Å². The van der Waals surface area contributed by atoms with Crippen LogP contribution in [0.25, 0.3) is 0 Å². The van der Waals surface area contributed by atoms with Gasteiger partial charge in [-0.25, -0.2) is 0 Å². The normalized spacial score (nSPS) is 22.4. The molecule has 2 aliphatic rings. The van der Waals surface area contributed by atoms with Crippen molar-refractivity contribution in [3.63, 3.8) is 0 Å². The number of rotatable bonds is 2. The van der Waals surface area contributed by atoms with E-state index in [0.717, 1.165) is 38.1 Å². The van der Waals surface area contributed by atoms with Crippen molar-refractivity contribution in [2.75, 3.05) is 13.1 Å². The lowest BCUT2D eigenvalue weighted by atomic mass is 9.87. The maximum atomic E-state index is 10.4. The smallest absolute Gasteiger partial charge is 0.0819 e. The van der Waals surface area contributed by atoms with Crippen molar-refractivity contribution in [3.05, 3.63) is 34.9 Å². The number of hydrogen-bond acceptors (Lipinski definition) is 3. The molecule has 3 rings (SSSR count). The lowest BCUT2D eigenvalue weighted by molar-refractivity contribution is 0.0888. The molecule has 92 valence electrons. The van der Waals surface area contributed by atoms with E-state index in [1.165, 1.54) is 11.1 Å². The maximum absolute atomic E-state index is 10.4. The summed E-state index contributed by atoms with van der Waals surface area (Å²) < 4.78 is 5.40. The van der Waals surface area contributed by atoms with E-state index in [-0.39, 0.29) is 6.10 Å². The van der Waals surface area contributed by atoms with Gasteiger partial charge in [0.15, 0.2) is 0 Å². The molecule has 2 heterocycles. The first kappa shape index (κ1) is 11.2. The SMILES string of the molecule is OC(c1ccc2c(c1)COC2)C1CCNCC1. The van der Waals surface area contributed by atoms with Crippen molar-refractivity contribution in [2.24, 2.45) is 5.92 Å². The Hall–Kier alpha value is -0.900. The topological polar surface area (TPSA) is 41.5 Å². The van der Waals surface area contributed by atoms with Gasteiger partial charge >= 0.3 is 0 Å². The summed E-state index contributed by atoms with van der Waals surface area (Å²) in [5, 5.41) is 13.7. The Kier molecular flexibility index (Phi) is 3.14. The zero-order valence-electron chi connectivity index (χ0n) is 9.98. The van der Waals surface area contributed by atoms with E-state index in [1.54, 1.807) is 0 Å². The molecule has 1 saturated heterocycles. The number of aliphatic hydroxyl groups excluding tert-OH is 1. The maximum Gasteiger partial charge on any atom is 0.0819 e. The van der Waals surface area contributed by atoms with Crippen molar-refractivity contribution in [1.82, 2.24) is 5.32 Å². The Morgan fingerprint density at radius 2 is 1.94 bits per heavy atom. The van der Waals surface area contributed by atoms with Crippen LogP contribution in [0, 0.1) is 5.92 Å². The fourth-order valence-corrected chi connectivity index (χ4v) is 2.81. The second-order valence-corrected chi connectivity index (χ2v) is 5.05. The summed E-state index contributed by atoms with van der Waals surface area (Å²) in [5.74, 6) is 0.400. The molecule has 3 heteroatoms. The fourth-order valence-electron chi connectivity index (χ4n) is 2.81. The van der Waals surface area contributed by atoms with E-state index in [2.05, 4.69) is 23.5 Å². The van der Waals surface area contributed by atoms with Crippen molar-refractivity contribution >= 4 is 0 Å². The summed E-state index contributed by atoms with van der Waals surface area (Å²) >= 11 is 0. The van der Waals surface area contributed by atoms with E-state index < -0.39 is 0 Å². The predicted octanol–water partition coefficient (Wildman–Crippen LogP) is 1.75. The quantitative estimate of drug-likeness (QED) is 0.817. The molecule has 1 unspecified atom stereocenters. The molecule has 0 aromatic heterocycles. The zero-order valence-corrected chi connectivity index (χ0v) is 9.98. The van der Waals surface area contributed by atoms with Gasteiger partial charge in [-0.1, -0.05) is 18.2 Å². The van der Waals surface area contributed by atoms with Gasteiger partial charge in [0, 0.05) is 0 Å². The molecule has 0 radical (unpaired) electrons. The number of ether oxygens (including phenoxy) is 1. The summed E-state index contributed by atoms with van der Waals surface area (Å²) in [4.78, 5) is 0. The summed E-state index contributed by atoms with van der Waals surface area (Å²) in [5.41, 5.74) is 3.57. The highest BCUT2D eigenvalue weighted by molar-refractivity contribution is 5.34. The Morgan fingerprint density at radius 1 is 1.18 bits per heavy atom. The molecular weight excluding hydrogens is 214 g/mol. The molecule has 2 N–H and O–H groups in total. The van der Waals surface area contributed by atoms with E-state index in [1.807, 2.05) is 0 Å². The van der Waals surface area contributed by atoms with Crippen LogP contribution in [0.3, 0.4) is 0 Å². The van der Waals surface area contributed by atoms with Gasteiger partial charge in [-0.05, 0) is 48.5 Å². The Balaban J connectivity index is 1.78. The number of aliphatic hydroxyl groups is 1. The lowest BCUT2D eigenvalue weighted by Crippen LogP contribution is -2.30. The second kappa shape index (κ2) is 4.77. The van der Waals surface area contributed by atoms with Crippen molar-refractivity contribution in [2.45, 2.75) is 32.2 Å². The summed E-state index contributed by atoms with van der Waals surface area (Å²) in [6.45, 7) is 3.47. The van der Waals surface area contributed by atoms with Crippen LogP contribution in [0.4, 0.5) is 0 Å². The monoisotopic (exact) mass is 233 g/mol. The van der Waals surface area contributed by atoms with E-state index in [9.17, 15) is 5.11 Å². The average molecular weight is 233 g/mol. The van der Waals surface area contributed by atoms with Crippen LogP contribution < -0.4 is 5.32 Å². The summed E-state index contributed by atoms with van der Waals surface area (Å²) in [7, 11) is 0. The highest BCUT2D eigenvalue weighted by Gasteiger charge is 2.24. The van der Waals surface area contributed by atoms with Gasteiger partial charge in [0.05, 0.1) is 19.3 Å². The van der Waals surface area contributed by atoms with Crippen LogP contribution in [0.2, 0.25) is 0 Å². The molecular formula is C14H19NO2. The molecule has 3 nitrogen and oxygen atoms in total. The van der Waals surface area contributed by atoms with E-state index in [0.29, 0.717) is 12.5 Å². The van der Waals surface area contributed by atoms with E-state index >= 15 is 0 Å². The largest absolute Gasteiger partial charge is 0.388 e. The van der Waals surface area contributed by atoms with Crippen LogP contribution in [-0.2, 0) is 18.0 Å². The van der Waals surface area contributed by atoms with Gasteiger partial charge in [-0.15, -0.1) is 0 Å². The molecule has 1 fully saturated rings. The number of nitrogens with one attached hydrogen (secondary N) is 1. The molecule has 1 aromatic carbocycles. The molecule has 0 saturated carbocycles. The van der Waals surface area contributed by atoms with Crippen molar-refractivity contribution < 1.29 is 9.84 Å². The van der Waals surface area contributed by atoms with Gasteiger partial charge < -0.3 is 15.2 Å². The van der Waals surface area contributed by atoms with Crippen LogP contribution in [-0.4, -0.2) is 18.2 Å². The van der Waals surface area contributed by atoms with Gasteiger partial charge in [0.1, 0.15) is 0 Å². The van der Waals surface area contributed by atoms with Gasteiger partial charge in [0.2, 0.25) is 0 Å². The standard InChI is InChI=1S/C14H19NO2/c16-14(10-3-5-15-6-4-10)11-1-2-12-8-17-9-13(12)7-11/h1-2,7,10,14-16H,3-6,8-9H2. The molecule has 1 atom stereocenters. The third-order valence-corrected chi connectivity index (χ3v) is 3.92. The molecule has 0 aliphatic carbocycles. The molecule has 1 aromatic rings. The number of fused-ring (bicyclic) bond motifs is 1. The highest BCUT2D eigenvalue weighted by atomic mass is 16.5. The zero-order chi connectivity index (χ0) is 11.7. The van der Waals surface area contributed by atoms with Crippen LogP contribution in [0.15, 0.2) is 18.2 Å². The Labute approximate surface area is 102 Å². The third kappa shape index (κ3) is 2.23. The fraction of sp³-hybridized carbons (Fsp3) is 0.571. The van der Waals surface area contributed by atoms with Crippen molar-refractivity contribution in [3.8, 4) is 0 Å². The summed E-state index contributed by atoms with van der Waals surface area (Å²) in [6.07, 6.45) is 1.81. The average Bonchev–Trinajstić information content (AvgIpc) is 2.86. The van der Waals surface area contributed by atoms with Crippen LogP contribution in [0.5, 0.6) is 0 Å². The number of benzene rings is 1. The van der Waals surface area contributed by atoms with Gasteiger partial charge in [-0.2, -0.15) is 0 Å². The Morgan fingerprint density at radius 3 is 2.76 bits per heavy atom. The highest BCUT2D eigenvalue weighted by Crippen LogP contribution is 2.31. The molecule has 17 heavy (non-hydrogen) atoms. The molecule has 0 amide bonds. The summed E-state index contributed by atoms with van der Waals surface area (Å²) in [6, 6.07) is 6.28. The van der Waals surface area contributed by atoms with E-state index in [4.69, 9.17) is 4.74 Å². The first-order valence-corrected chi connectivity index (χ1v) is 6.43. The number of hydrogen-bond donors (Lipinski definition) is 2. The van der Waals surface area contributed by atoms with Gasteiger partial charge in [-0.3, -0.25) is 0 Å². The minimum atomic E-state index is -0.317. The lowest BCUT2D eigenvalue weighted by Gasteiger charge is -2.27. The minimum Gasteiger partial charge on any atom is -0.388 e. The first-order valence-electron chi connectivity index (χ1n) is 6.43. The first-order chi connectivity index (χ1) is 8.34.